The van der Waals surface area contributed by atoms with Crippen LogP contribution < -0.4 is 0 Å². The molecule has 1 atom stereocenters. The smallest absolute Gasteiger partial charge is 1.00 e. The summed E-state index contributed by atoms with van der Waals surface area (Å²) < 4.78 is 6.94. The summed E-state index contributed by atoms with van der Waals surface area (Å²) in [5.74, 6) is 6.37. The van der Waals surface area contributed by atoms with Crippen LogP contribution >= 0.6 is 22.6 Å². The van der Waals surface area contributed by atoms with Gasteiger partial charge in [-0.2, -0.15) is 0 Å². The van der Waals surface area contributed by atoms with Crippen molar-refractivity contribution in [2.75, 3.05) is 4.43 Å². The third-order valence-corrected chi connectivity index (χ3v) is 2.13. The van der Waals surface area contributed by atoms with Crippen LogP contribution in [0.4, 0.5) is 0 Å². The first-order valence-corrected chi connectivity index (χ1v) is 6.74. The molecule has 0 aliphatic carbocycles. The van der Waals surface area contributed by atoms with Crippen LogP contribution in [0.2, 0.25) is 0 Å². The van der Waals surface area contributed by atoms with Gasteiger partial charge in [0.15, 0.2) is 0 Å². The first-order valence-electron chi connectivity index (χ1n) is 5.21. The number of ether oxygens (including phenoxy) is 1. The standard InChI is InChI=1S/C12H21IO.Mg.2H/c1-5-6-7-8-11(9-10-13)14-12(2,3)4;;;/h11H,5-6,9-10H2,1-4H3;;;/q;+2;2*-1. The molecule has 0 amide bonds. The van der Waals surface area contributed by atoms with Gasteiger partial charge in [0.1, 0.15) is 6.10 Å². The van der Waals surface area contributed by atoms with Crippen molar-refractivity contribution in [2.24, 2.45) is 0 Å². The molecule has 86 valence electrons. The first kappa shape index (κ1) is 18.4. The van der Waals surface area contributed by atoms with Gasteiger partial charge in [0.25, 0.3) is 0 Å². The van der Waals surface area contributed by atoms with Gasteiger partial charge >= 0.3 is 23.1 Å². The fourth-order valence-electron chi connectivity index (χ4n) is 0.997. The van der Waals surface area contributed by atoms with Gasteiger partial charge in [-0.15, -0.1) is 5.92 Å². The topological polar surface area (TPSA) is 9.23 Å². The van der Waals surface area contributed by atoms with Gasteiger partial charge < -0.3 is 7.59 Å². The van der Waals surface area contributed by atoms with Crippen molar-refractivity contribution < 1.29 is 7.59 Å². The number of rotatable bonds is 4. The Kier molecular flexibility index (Phi) is 12.5. The van der Waals surface area contributed by atoms with Gasteiger partial charge in [0.05, 0.1) is 5.60 Å². The van der Waals surface area contributed by atoms with Crippen molar-refractivity contribution in [1.29, 1.82) is 0 Å². The van der Waals surface area contributed by atoms with Crippen molar-refractivity contribution >= 4 is 45.6 Å². The SMILES string of the molecule is CCCC#CC(CCI)OC(C)(C)C.[H-].[H-].[Mg+2]. The number of unbranched alkanes of at least 4 members (excludes halogenated alkanes) is 1. The molecule has 0 N–H and O–H groups in total. The second-order valence-corrected chi connectivity index (χ2v) is 5.35. The third-order valence-electron chi connectivity index (χ3n) is 1.51. The van der Waals surface area contributed by atoms with E-state index in [-0.39, 0.29) is 37.6 Å². The Morgan fingerprint density at radius 1 is 1.40 bits per heavy atom. The van der Waals surface area contributed by atoms with Crippen molar-refractivity contribution in [3.05, 3.63) is 0 Å². The molecule has 0 heterocycles. The summed E-state index contributed by atoms with van der Waals surface area (Å²) in [6.07, 6.45) is 3.23. The molecule has 0 radical (unpaired) electrons. The number of alkyl halides is 1. The molecule has 0 fully saturated rings. The second kappa shape index (κ2) is 10.2. The molecular formula is C12H23IMgO. The molecule has 1 unspecified atom stereocenters. The van der Waals surface area contributed by atoms with Gasteiger partial charge in [-0.3, -0.25) is 0 Å². The van der Waals surface area contributed by atoms with E-state index >= 15 is 0 Å². The minimum absolute atomic E-state index is 0. The number of hydrogen-bond donors (Lipinski definition) is 0. The monoisotopic (exact) mass is 334 g/mol. The molecule has 0 spiro atoms. The molecular weight excluding hydrogens is 311 g/mol. The summed E-state index contributed by atoms with van der Waals surface area (Å²) in [4.78, 5) is 0. The average Bonchev–Trinajstić information content (AvgIpc) is 2.02. The molecule has 0 saturated carbocycles. The molecule has 3 heteroatoms. The summed E-state index contributed by atoms with van der Waals surface area (Å²) in [6, 6.07) is 0. The van der Waals surface area contributed by atoms with Crippen molar-refractivity contribution in [2.45, 2.75) is 58.7 Å². The molecule has 0 saturated heterocycles. The maximum Gasteiger partial charge on any atom is 2.00 e. The quantitative estimate of drug-likeness (QED) is 0.330. The summed E-state index contributed by atoms with van der Waals surface area (Å²) in [6.45, 7) is 8.38. The molecule has 0 rings (SSSR count). The number of hydrogen-bond acceptors (Lipinski definition) is 1. The Balaban J connectivity index is -0.000000282. The average molecular weight is 335 g/mol. The predicted octanol–water partition coefficient (Wildman–Crippen LogP) is 3.64. The van der Waals surface area contributed by atoms with Crippen LogP contribution in [0, 0.1) is 11.8 Å². The van der Waals surface area contributed by atoms with E-state index in [0.717, 1.165) is 23.7 Å². The van der Waals surface area contributed by atoms with Crippen molar-refractivity contribution in [3.63, 3.8) is 0 Å². The molecule has 0 aromatic heterocycles. The molecule has 1 nitrogen and oxygen atoms in total. The van der Waals surface area contributed by atoms with Crippen LogP contribution in [0.5, 0.6) is 0 Å². The van der Waals surface area contributed by atoms with Crippen LogP contribution in [-0.2, 0) is 4.74 Å². The van der Waals surface area contributed by atoms with E-state index in [2.05, 4.69) is 62.1 Å². The van der Waals surface area contributed by atoms with E-state index in [1.54, 1.807) is 0 Å². The molecule has 0 aliphatic heterocycles. The van der Waals surface area contributed by atoms with Crippen LogP contribution in [0.25, 0.3) is 0 Å². The number of halogens is 1. The minimum Gasteiger partial charge on any atom is -1.00 e. The maximum absolute atomic E-state index is 5.85. The normalized spacial score (nSPS) is 12.3. The Bertz CT molecular complexity index is 209. The zero-order chi connectivity index (χ0) is 11.0. The van der Waals surface area contributed by atoms with Gasteiger partial charge in [-0.05, 0) is 33.6 Å². The van der Waals surface area contributed by atoms with E-state index in [0.29, 0.717) is 0 Å². The summed E-state index contributed by atoms with van der Waals surface area (Å²) in [7, 11) is 0. The fourth-order valence-corrected chi connectivity index (χ4v) is 1.56. The van der Waals surface area contributed by atoms with Crippen LogP contribution in [0.3, 0.4) is 0 Å². The zero-order valence-corrected chi connectivity index (χ0v) is 14.0. The molecule has 0 aromatic rings. The molecule has 0 bridgehead atoms. The summed E-state index contributed by atoms with van der Waals surface area (Å²) >= 11 is 2.37. The largest absolute Gasteiger partial charge is 2.00 e. The van der Waals surface area contributed by atoms with Gasteiger partial charge in [0, 0.05) is 10.8 Å². The van der Waals surface area contributed by atoms with Gasteiger partial charge in [-0.1, -0.05) is 35.4 Å². The molecule has 15 heavy (non-hydrogen) atoms. The maximum atomic E-state index is 5.85. The Hall–Kier alpha value is 1.02. The Morgan fingerprint density at radius 2 is 2.00 bits per heavy atom. The van der Waals surface area contributed by atoms with E-state index < -0.39 is 0 Å². The first-order chi connectivity index (χ1) is 6.49. The molecule has 0 aliphatic rings. The van der Waals surface area contributed by atoms with Crippen molar-refractivity contribution in [3.8, 4) is 11.8 Å². The summed E-state index contributed by atoms with van der Waals surface area (Å²) in [5.41, 5.74) is -0.0859. The third kappa shape index (κ3) is 12.9. The van der Waals surface area contributed by atoms with E-state index in [9.17, 15) is 0 Å². The Morgan fingerprint density at radius 3 is 2.40 bits per heavy atom. The van der Waals surface area contributed by atoms with Crippen molar-refractivity contribution in [1.82, 2.24) is 0 Å². The summed E-state index contributed by atoms with van der Waals surface area (Å²) in [5, 5.41) is 0. The zero-order valence-electron chi connectivity index (χ0n) is 12.4. The predicted molar refractivity (Wildman–Crippen MR) is 78.8 cm³/mol. The molecule has 0 aromatic carbocycles. The van der Waals surface area contributed by atoms with Gasteiger partial charge in [-0.25, -0.2) is 0 Å². The van der Waals surface area contributed by atoms with E-state index in [1.165, 1.54) is 0 Å². The van der Waals surface area contributed by atoms with Gasteiger partial charge in [0.2, 0.25) is 0 Å². The minimum atomic E-state index is -0.0859. The van der Waals surface area contributed by atoms with Crippen LogP contribution in [0.1, 0.15) is 49.8 Å². The Labute approximate surface area is 127 Å². The fraction of sp³-hybridized carbons (Fsp3) is 0.833. The van der Waals surface area contributed by atoms with E-state index in [1.807, 2.05) is 0 Å². The van der Waals surface area contributed by atoms with E-state index in [4.69, 9.17) is 4.74 Å². The van der Waals surface area contributed by atoms with Crippen LogP contribution in [-0.4, -0.2) is 39.2 Å². The second-order valence-electron chi connectivity index (χ2n) is 4.27. The van der Waals surface area contributed by atoms with Crippen LogP contribution in [0.15, 0.2) is 0 Å².